The summed E-state index contributed by atoms with van der Waals surface area (Å²) in [4.78, 5) is 28.6. The van der Waals surface area contributed by atoms with Crippen molar-refractivity contribution in [3.8, 4) is 0 Å². The molecular weight excluding hydrogens is 246 g/mol. The van der Waals surface area contributed by atoms with Crippen molar-refractivity contribution in [3.63, 3.8) is 0 Å². The first kappa shape index (κ1) is 12.8. The number of aromatic nitrogens is 2. The average Bonchev–Trinajstić information content (AvgIpc) is 2.37. The van der Waals surface area contributed by atoms with Crippen molar-refractivity contribution < 1.29 is 9.90 Å². The van der Waals surface area contributed by atoms with E-state index in [0.717, 1.165) is 16.3 Å². The first-order valence-electron chi connectivity index (χ1n) is 5.58. The van der Waals surface area contributed by atoms with Crippen molar-refractivity contribution in [1.82, 2.24) is 9.55 Å². The Morgan fingerprint density at radius 2 is 2.16 bits per heavy atom. The highest BCUT2D eigenvalue weighted by Crippen LogP contribution is 2.16. The molecule has 1 aromatic heterocycles. The predicted octanol–water partition coefficient (Wildman–Crippen LogP) is 1.02. The topological polar surface area (TPSA) is 75.4 Å². The Balaban J connectivity index is 2.62. The van der Waals surface area contributed by atoms with Gasteiger partial charge in [0.05, 0.1) is 10.9 Å². The summed E-state index contributed by atoms with van der Waals surface area (Å²) >= 11 is 0. The van der Waals surface area contributed by atoms with E-state index in [1.165, 1.54) is 12.5 Å². The summed E-state index contributed by atoms with van der Waals surface area (Å²) in [5.41, 5.74) is 1.16. The molecule has 0 aliphatic heterocycles. The van der Waals surface area contributed by atoms with Gasteiger partial charge < -0.3 is 10.0 Å². The van der Waals surface area contributed by atoms with E-state index in [0.29, 0.717) is 10.9 Å². The highest BCUT2D eigenvalue weighted by molar-refractivity contribution is 5.84. The van der Waals surface area contributed by atoms with Crippen molar-refractivity contribution >= 4 is 28.8 Å². The number of anilines is 1. The molecule has 0 aliphatic carbocycles. The normalized spacial score (nSPS) is 11.1. The highest BCUT2D eigenvalue weighted by Gasteiger charge is 2.05. The minimum atomic E-state index is -1.12. The Kier molecular flexibility index (Phi) is 3.33. The van der Waals surface area contributed by atoms with E-state index >= 15 is 0 Å². The zero-order valence-corrected chi connectivity index (χ0v) is 10.6. The van der Waals surface area contributed by atoms with Crippen LogP contribution in [0, 0.1) is 0 Å². The number of benzene rings is 1. The molecule has 0 radical (unpaired) electrons. The van der Waals surface area contributed by atoms with Crippen LogP contribution < -0.4 is 10.5 Å². The van der Waals surface area contributed by atoms with Crippen LogP contribution in [-0.2, 0) is 4.79 Å². The summed E-state index contributed by atoms with van der Waals surface area (Å²) in [6.07, 6.45) is 3.38. The van der Waals surface area contributed by atoms with Crippen LogP contribution in [0.25, 0.3) is 17.1 Å². The van der Waals surface area contributed by atoms with Crippen molar-refractivity contribution in [2.45, 2.75) is 0 Å². The third kappa shape index (κ3) is 2.62. The summed E-state index contributed by atoms with van der Waals surface area (Å²) in [5.74, 6) is -1.12. The number of aliphatic carboxylic acids is 1. The van der Waals surface area contributed by atoms with E-state index in [2.05, 4.69) is 4.98 Å². The molecule has 0 bridgehead atoms. The zero-order valence-electron chi connectivity index (χ0n) is 10.6. The average molecular weight is 259 g/mol. The SMILES string of the molecule is CN(C)c1ccc2ncn(C=CC(=O)O)c(=O)c2c1. The van der Waals surface area contributed by atoms with E-state index in [9.17, 15) is 9.59 Å². The molecule has 98 valence electrons. The van der Waals surface area contributed by atoms with Gasteiger partial charge in [-0.15, -0.1) is 0 Å². The molecule has 0 amide bonds. The summed E-state index contributed by atoms with van der Waals surface area (Å²) in [7, 11) is 3.75. The molecule has 0 unspecified atom stereocenters. The second-order valence-corrected chi connectivity index (χ2v) is 4.21. The van der Waals surface area contributed by atoms with Gasteiger partial charge in [-0.1, -0.05) is 0 Å². The number of carbonyl (C=O) groups is 1. The lowest BCUT2D eigenvalue weighted by Crippen LogP contribution is -2.17. The molecule has 19 heavy (non-hydrogen) atoms. The van der Waals surface area contributed by atoms with Gasteiger partial charge in [-0.25, -0.2) is 9.78 Å². The number of carboxylic acid groups (broad SMARTS) is 1. The van der Waals surface area contributed by atoms with Gasteiger partial charge in [0.25, 0.3) is 5.56 Å². The van der Waals surface area contributed by atoms with Crippen LogP contribution in [-0.4, -0.2) is 34.7 Å². The standard InChI is InChI=1S/C13H13N3O3/c1-15(2)9-3-4-11-10(7-9)13(19)16(8-14-11)6-5-12(17)18/h3-8H,1-2H3,(H,17,18). The van der Waals surface area contributed by atoms with Crippen LogP contribution in [0.4, 0.5) is 5.69 Å². The Labute approximate surface area is 109 Å². The Hall–Kier alpha value is -2.63. The third-order valence-electron chi connectivity index (χ3n) is 2.66. The van der Waals surface area contributed by atoms with Crippen molar-refractivity contribution in [3.05, 3.63) is 41.0 Å². The molecule has 0 fully saturated rings. The van der Waals surface area contributed by atoms with Crippen LogP contribution >= 0.6 is 0 Å². The number of fused-ring (bicyclic) bond motifs is 1. The Bertz CT molecular complexity index is 717. The largest absolute Gasteiger partial charge is 0.478 e. The van der Waals surface area contributed by atoms with Crippen LogP contribution in [0.1, 0.15) is 0 Å². The second kappa shape index (κ2) is 4.93. The molecule has 1 N–H and O–H groups in total. The molecule has 0 saturated carbocycles. The minimum absolute atomic E-state index is 0.300. The van der Waals surface area contributed by atoms with Gasteiger partial charge in [0.1, 0.15) is 6.33 Å². The van der Waals surface area contributed by atoms with Gasteiger partial charge in [-0.3, -0.25) is 9.36 Å². The van der Waals surface area contributed by atoms with Crippen LogP contribution in [0.2, 0.25) is 0 Å². The molecule has 1 heterocycles. The summed E-state index contributed by atoms with van der Waals surface area (Å²) < 4.78 is 1.15. The van der Waals surface area contributed by atoms with E-state index < -0.39 is 5.97 Å². The maximum absolute atomic E-state index is 12.2. The first-order chi connectivity index (χ1) is 8.99. The lowest BCUT2D eigenvalue weighted by atomic mass is 10.2. The van der Waals surface area contributed by atoms with E-state index in [-0.39, 0.29) is 5.56 Å². The van der Waals surface area contributed by atoms with Gasteiger partial charge in [0, 0.05) is 32.1 Å². The summed E-state index contributed by atoms with van der Waals surface area (Å²) in [6, 6.07) is 5.36. The smallest absolute Gasteiger partial charge is 0.329 e. The fourth-order valence-electron chi connectivity index (χ4n) is 1.65. The number of hydrogen-bond donors (Lipinski definition) is 1. The van der Waals surface area contributed by atoms with Crippen molar-refractivity contribution in [2.24, 2.45) is 0 Å². The van der Waals surface area contributed by atoms with Gasteiger partial charge >= 0.3 is 5.97 Å². The van der Waals surface area contributed by atoms with Gasteiger partial charge in [-0.2, -0.15) is 0 Å². The first-order valence-corrected chi connectivity index (χ1v) is 5.58. The minimum Gasteiger partial charge on any atom is -0.478 e. The molecular formula is C13H13N3O3. The molecule has 0 atom stereocenters. The van der Waals surface area contributed by atoms with Gasteiger partial charge in [-0.05, 0) is 18.2 Å². The number of hydrogen-bond acceptors (Lipinski definition) is 4. The van der Waals surface area contributed by atoms with Crippen LogP contribution in [0.15, 0.2) is 35.4 Å². The molecule has 2 rings (SSSR count). The predicted molar refractivity (Wildman–Crippen MR) is 73.3 cm³/mol. The molecule has 2 aromatic rings. The van der Waals surface area contributed by atoms with Gasteiger partial charge in [0.2, 0.25) is 0 Å². The lowest BCUT2D eigenvalue weighted by Gasteiger charge is -2.12. The fourth-order valence-corrected chi connectivity index (χ4v) is 1.65. The van der Waals surface area contributed by atoms with Crippen molar-refractivity contribution in [2.75, 3.05) is 19.0 Å². The molecule has 1 aromatic carbocycles. The summed E-state index contributed by atoms with van der Waals surface area (Å²) in [6.45, 7) is 0. The molecule has 0 saturated heterocycles. The van der Waals surface area contributed by atoms with Crippen molar-refractivity contribution in [1.29, 1.82) is 0 Å². The lowest BCUT2D eigenvalue weighted by molar-refractivity contribution is -0.131. The van der Waals surface area contributed by atoms with E-state index in [4.69, 9.17) is 5.11 Å². The number of carboxylic acids is 1. The number of nitrogens with zero attached hydrogens (tertiary/aromatic N) is 3. The zero-order chi connectivity index (χ0) is 14.0. The summed E-state index contributed by atoms with van der Waals surface area (Å²) in [5, 5.41) is 9.01. The fraction of sp³-hybridized carbons (Fsp3) is 0.154. The quantitative estimate of drug-likeness (QED) is 0.833. The molecule has 6 heteroatoms. The Morgan fingerprint density at radius 3 is 2.79 bits per heavy atom. The molecule has 6 nitrogen and oxygen atoms in total. The monoisotopic (exact) mass is 259 g/mol. The third-order valence-corrected chi connectivity index (χ3v) is 2.66. The maximum atomic E-state index is 12.2. The second-order valence-electron chi connectivity index (χ2n) is 4.21. The van der Waals surface area contributed by atoms with E-state index in [1.807, 2.05) is 25.1 Å². The number of rotatable bonds is 3. The van der Waals surface area contributed by atoms with Crippen LogP contribution in [0.3, 0.4) is 0 Å². The van der Waals surface area contributed by atoms with Crippen LogP contribution in [0.5, 0.6) is 0 Å². The van der Waals surface area contributed by atoms with E-state index in [1.54, 1.807) is 12.1 Å². The molecule has 0 aliphatic rings. The van der Waals surface area contributed by atoms with Gasteiger partial charge in [0.15, 0.2) is 0 Å². The maximum Gasteiger partial charge on any atom is 0.329 e. The highest BCUT2D eigenvalue weighted by atomic mass is 16.4. The molecule has 0 spiro atoms. The Morgan fingerprint density at radius 1 is 1.42 bits per heavy atom.